The molecule has 4 heterocycles. The number of carboxylic acids is 1. The molecule has 2 fully saturated rings. The maximum absolute atomic E-state index is 11.8. The van der Waals surface area contributed by atoms with Crippen LogP contribution in [0.4, 0.5) is 11.4 Å². The zero-order valence-corrected chi connectivity index (χ0v) is 34.9. The van der Waals surface area contributed by atoms with Crippen LogP contribution in [-0.2, 0) is 17.6 Å². The van der Waals surface area contributed by atoms with Crippen molar-refractivity contribution in [1.29, 1.82) is 10.5 Å². The number of hydrogen-bond donors (Lipinski definition) is 3. The average Bonchev–Trinajstić information content (AvgIpc) is 3.92. The number of nitriles is 2. The van der Waals surface area contributed by atoms with Crippen molar-refractivity contribution in [2.45, 2.75) is 38.5 Å². The summed E-state index contributed by atoms with van der Waals surface area (Å²) in [5.41, 5.74) is 9.23. The number of aromatic amines is 2. The van der Waals surface area contributed by atoms with Crippen molar-refractivity contribution >= 4 is 45.1 Å². The van der Waals surface area contributed by atoms with Crippen molar-refractivity contribution in [2.24, 2.45) is 0 Å². The Balaban J connectivity index is 0.000000184. The fourth-order valence-corrected chi connectivity index (χ4v) is 8.40. The fraction of sp³-hybridized carbons (Fsp3) is 0.347. The lowest BCUT2D eigenvalue weighted by atomic mass is 10.0. The molecule has 2 aliphatic heterocycles. The number of fused-ring (bicyclic) bond motifs is 2. The summed E-state index contributed by atoms with van der Waals surface area (Å²) < 4.78 is 4.84. The number of unbranched alkanes of at least 4 members (excludes halogenated alkanes) is 2. The number of ether oxygens (including phenoxy) is 1. The van der Waals surface area contributed by atoms with Gasteiger partial charge in [0.1, 0.15) is 0 Å². The number of aromatic carboxylic acids is 1. The number of nitrogens with one attached hydrogen (secondary N) is 2. The van der Waals surface area contributed by atoms with Crippen LogP contribution in [0.3, 0.4) is 0 Å². The molecule has 4 aromatic carbocycles. The number of anilines is 2. The Morgan fingerprint density at radius 2 is 1.03 bits per heavy atom. The van der Waals surface area contributed by atoms with E-state index in [2.05, 4.69) is 47.9 Å². The van der Waals surface area contributed by atoms with Crippen LogP contribution in [0.25, 0.3) is 21.8 Å². The Labute approximate surface area is 357 Å². The second-order valence-electron chi connectivity index (χ2n) is 15.8. The van der Waals surface area contributed by atoms with Crippen LogP contribution in [0.15, 0.2) is 97.3 Å². The van der Waals surface area contributed by atoms with Crippen LogP contribution in [0.2, 0.25) is 0 Å². The molecule has 314 valence electrons. The molecule has 2 aliphatic rings. The predicted molar refractivity (Wildman–Crippen MR) is 240 cm³/mol. The van der Waals surface area contributed by atoms with Gasteiger partial charge in [0.25, 0.3) is 0 Å². The summed E-state index contributed by atoms with van der Waals surface area (Å²) in [4.78, 5) is 39.4. The quantitative estimate of drug-likeness (QED) is 0.0731. The van der Waals surface area contributed by atoms with Gasteiger partial charge in [-0.2, -0.15) is 10.5 Å². The minimum atomic E-state index is -0.885. The molecule has 0 atom stereocenters. The van der Waals surface area contributed by atoms with Crippen molar-refractivity contribution in [3.63, 3.8) is 0 Å². The molecule has 0 aliphatic carbocycles. The number of H-pyrrole nitrogens is 2. The molecule has 2 saturated heterocycles. The molecule has 0 unspecified atom stereocenters. The van der Waals surface area contributed by atoms with Crippen molar-refractivity contribution < 1.29 is 19.4 Å². The summed E-state index contributed by atoms with van der Waals surface area (Å²) in [6, 6.07) is 31.0. The highest BCUT2D eigenvalue weighted by molar-refractivity contribution is 5.96. The Morgan fingerprint density at radius 3 is 1.44 bits per heavy atom. The van der Waals surface area contributed by atoms with Gasteiger partial charge < -0.3 is 29.6 Å². The minimum Gasteiger partial charge on any atom is -0.478 e. The highest BCUT2D eigenvalue weighted by atomic mass is 16.5. The van der Waals surface area contributed by atoms with Crippen LogP contribution >= 0.6 is 0 Å². The Bertz CT molecular complexity index is 2480. The third kappa shape index (κ3) is 11.0. The van der Waals surface area contributed by atoms with Crippen molar-refractivity contribution in [3.05, 3.63) is 131 Å². The molecular weight excluding hydrogens is 765 g/mol. The van der Waals surface area contributed by atoms with Crippen LogP contribution in [0.5, 0.6) is 0 Å². The van der Waals surface area contributed by atoms with Crippen molar-refractivity contribution in [2.75, 3.05) is 82.4 Å². The van der Waals surface area contributed by atoms with E-state index < -0.39 is 5.97 Å². The molecule has 3 N–H and O–H groups in total. The molecule has 0 amide bonds. The number of hydrogen-bond acceptors (Lipinski definition) is 9. The van der Waals surface area contributed by atoms with Crippen LogP contribution in [0.1, 0.15) is 68.7 Å². The van der Waals surface area contributed by atoms with E-state index in [1.165, 1.54) is 29.6 Å². The Hall–Kier alpha value is -6.60. The van der Waals surface area contributed by atoms with Crippen LogP contribution in [0, 0.1) is 22.7 Å². The van der Waals surface area contributed by atoms with Crippen LogP contribution < -0.4 is 9.80 Å². The summed E-state index contributed by atoms with van der Waals surface area (Å²) in [6.45, 7) is 10.5. The minimum absolute atomic E-state index is 0.297. The molecule has 0 spiro atoms. The fourth-order valence-electron chi connectivity index (χ4n) is 8.40. The number of rotatable bonds is 14. The van der Waals surface area contributed by atoms with Gasteiger partial charge in [-0.3, -0.25) is 9.80 Å². The second kappa shape index (κ2) is 20.6. The lowest BCUT2D eigenvalue weighted by Gasteiger charge is -2.36. The summed E-state index contributed by atoms with van der Waals surface area (Å²) in [7, 11) is 1.41. The van der Waals surface area contributed by atoms with Gasteiger partial charge >= 0.3 is 11.9 Å². The molecule has 61 heavy (non-hydrogen) atoms. The van der Waals surface area contributed by atoms with Crippen molar-refractivity contribution in [1.82, 2.24) is 19.8 Å². The summed E-state index contributed by atoms with van der Waals surface area (Å²) in [5, 5.41) is 29.2. The van der Waals surface area contributed by atoms with Gasteiger partial charge in [-0.15, -0.1) is 0 Å². The Morgan fingerprint density at radius 1 is 0.607 bits per heavy atom. The highest BCUT2D eigenvalue weighted by Crippen LogP contribution is 2.24. The van der Waals surface area contributed by atoms with Gasteiger partial charge in [0, 0.05) is 97.9 Å². The number of methoxy groups -OCH3 is 1. The Kier molecular flexibility index (Phi) is 14.3. The number of aryl methyl sites for hydroxylation is 2. The normalized spacial score (nSPS) is 14.6. The second-order valence-corrected chi connectivity index (χ2v) is 15.8. The predicted octanol–water partition coefficient (Wildman–Crippen LogP) is 7.85. The smallest absolute Gasteiger partial charge is 0.337 e. The number of piperazine rings is 2. The zero-order valence-electron chi connectivity index (χ0n) is 34.9. The molecule has 0 bridgehead atoms. The first-order chi connectivity index (χ1) is 29.8. The lowest BCUT2D eigenvalue weighted by Crippen LogP contribution is -2.46. The maximum Gasteiger partial charge on any atom is 0.337 e. The van der Waals surface area contributed by atoms with Crippen molar-refractivity contribution in [3.8, 4) is 12.1 Å². The van der Waals surface area contributed by atoms with E-state index in [9.17, 15) is 14.7 Å². The van der Waals surface area contributed by atoms with E-state index in [0.717, 1.165) is 126 Å². The molecule has 6 aromatic rings. The SMILES string of the molecule is COC(=O)c1ccc2[nH]cc(CCCCN3CCN(c4ccc(C#N)cc4)CC3)c2c1.N#Cc1ccc(N2CCN(CCCCc3c[nH]c4ccc(C(=O)O)cc34)CC2)cc1. The van der Waals surface area contributed by atoms with E-state index in [-0.39, 0.29) is 5.97 Å². The molecule has 2 aromatic heterocycles. The zero-order chi connectivity index (χ0) is 42.6. The number of carboxylic acid groups (broad SMARTS) is 1. The first kappa shape index (κ1) is 42.5. The maximum atomic E-state index is 11.8. The third-order valence-electron chi connectivity index (χ3n) is 12.0. The van der Waals surface area contributed by atoms with E-state index >= 15 is 0 Å². The van der Waals surface area contributed by atoms with Crippen LogP contribution in [-0.4, -0.2) is 109 Å². The monoisotopic (exact) mass is 818 g/mol. The van der Waals surface area contributed by atoms with Gasteiger partial charge in [-0.1, -0.05) is 0 Å². The summed E-state index contributed by atoms with van der Waals surface area (Å²) in [5.74, 6) is -1.18. The lowest BCUT2D eigenvalue weighted by molar-refractivity contribution is 0.0600. The van der Waals surface area contributed by atoms with Gasteiger partial charge in [0.15, 0.2) is 0 Å². The molecule has 12 nitrogen and oxygen atoms in total. The van der Waals surface area contributed by atoms with E-state index in [1.807, 2.05) is 72.9 Å². The largest absolute Gasteiger partial charge is 0.478 e. The van der Waals surface area contributed by atoms with Gasteiger partial charge in [-0.25, -0.2) is 9.59 Å². The first-order valence-electron chi connectivity index (χ1n) is 21.3. The number of carbonyl (C=O) groups is 2. The van der Waals surface area contributed by atoms with E-state index in [4.69, 9.17) is 15.3 Å². The van der Waals surface area contributed by atoms with E-state index in [1.54, 1.807) is 18.2 Å². The number of aromatic nitrogens is 2. The standard InChI is InChI=1S/C25H28N4O2.C24H26N4O2/c1-31-25(30)20-7-10-24-23(16-20)21(18-27-24)4-2-3-11-28-12-14-29(15-13-28)22-8-5-19(17-26)6-9-22;25-16-18-4-7-21(8-5-18)28-13-11-27(12-14-28)10-2-1-3-20-17-26-23-9-6-19(24(29)30)15-22(20)23/h5-10,16,18,27H,2-4,11-15H2,1H3;4-9,15,17,26H,1-3,10-14H2,(H,29,30). The molecular formula is C49H54N8O4. The third-order valence-corrected chi connectivity index (χ3v) is 12.0. The van der Waals surface area contributed by atoms with Gasteiger partial charge in [0.2, 0.25) is 0 Å². The number of carbonyl (C=O) groups excluding carboxylic acids is 1. The number of benzene rings is 4. The molecule has 0 radical (unpaired) electrons. The topological polar surface area (TPSA) is 156 Å². The summed E-state index contributed by atoms with van der Waals surface area (Å²) in [6.07, 6.45) is 10.5. The van der Waals surface area contributed by atoms with Gasteiger partial charge in [0.05, 0.1) is 41.5 Å². The molecule has 12 heteroatoms. The average molecular weight is 819 g/mol. The van der Waals surface area contributed by atoms with E-state index in [0.29, 0.717) is 22.3 Å². The molecule has 8 rings (SSSR count). The highest BCUT2D eigenvalue weighted by Gasteiger charge is 2.19. The molecule has 0 saturated carbocycles. The number of esters is 1. The van der Waals surface area contributed by atoms with Gasteiger partial charge in [-0.05, 0) is 148 Å². The summed E-state index contributed by atoms with van der Waals surface area (Å²) >= 11 is 0. The first-order valence-corrected chi connectivity index (χ1v) is 21.3. The number of nitrogens with zero attached hydrogens (tertiary/aromatic N) is 6.